The largest absolute Gasteiger partial charge is 0.466 e. The fourth-order valence-electron chi connectivity index (χ4n) is 1.98. The summed E-state index contributed by atoms with van der Waals surface area (Å²) in [4.78, 5) is 23.3. The van der Waals surface area contributed by atoms with Crippen molar-refractivity contribution in [3.05, 3.63) is 34.3 Å². The van der Waals surface area contributed by atoms with Gasteiger partial charge in [0.25, 0.3) is 0 Å². The van der Waals surface area contributed by atoms with Gasteiger partial charge in [0.05, 0.1) is 12.5 Å². The molecule has 16 heavy (non-hydrogen) atoms. The number of hydrogen-bond donors (Lipinski definition) is 0. The molecule has 0 saturated carbocycles. The van der Waals surface area contributed by atoms with Crippen LogP contribution in [0.2, 0.25) is 5.02 Å². The fourth-order valence-corrected chi connectivity index (χ4v) is 2.28. The molecule has 0 aliphatic heterocycles. The van der Waals surface area contributed by atoms with Crippen LogP contribution in [0.25, 0.3) is 0 Å². The lowest BCUT2D eigenvalue weighted by molar-refractivity contribution is -0.144. The molecule has 1 atom stereocenters. The summed E-state index contributed by atoms with van der Waals surface area (Å²) in [5.74, 6) is -0.950. The molecular formula is C12H11ClO3. The predicted octanol–water partition coefficient (Wildman–Crippen LogP) is 2.57. The van der Waals surface area contributed by atoms with Gasteiger partial charge in [0.2, 0.25) is 0 Å². The normalized spacial score (nSPS) is 18.4. The van der Waals surface area contributed by atoms with Gasteiger partial charge in [-0.1, -0.05) is 23.7 Å². The van der Waals surface area contributed by atoms with Gasteiger partial charge in [-0.2, -0.15) is 0 Å². The molecule has 0 N–H and O–H groups in total. The highest BCUT2D eigenvalue weighted by Gasteiger charge is 2.36. The van der Waals surface area contributed by atoms with Gasteiger partial charge in [-0.3, -0.25) is 9.59 Å². The van der Waals surface area contributed by atoms with Gasteiger partial charge >= 0.3 is 5.97 Å². The topological polar surface area (TPSA) is 43.4 Å². The standard InChI is InChI=1S/C12H11ClO3/c1-2-16-12(15)8-6-10(14)7-4-3-5-9(13)11(7)8/h3-5,8H,2,6H2,1H3. The highest BCUT2D eigenvalue weighted by Crippen LogP contribution is 2.38. The summed E-state index contributed by atoms with van der Waals surface area (Å²) in [6.45, 7) is 2.05. The minimum Gasteiger partial charge on any atom is -0.466 e. The van der Waals surface area contributed by atoms with E-state index >= 15 is 0 Å². The number of hydrogen-bond acceptors (Lipinski definition) is 3. The Bertz CT molecular complexity index is 454. The fraction of sp³-hybridized carbons (Fsp3) is 0.333. The summed E-state index contributed by atoms with van der Waals surface area (Å²) in [5.41, 5.74) is 1.16. The van der Waals surface area contributed by atoms with Crippen LogP contribution in [0.4, 0.5) is 0 Å². The van der Waals surface area contributed by atoms with Gasteiger partial charge in [0.15, 0.2) is 5.78 Å². The van der Waals surface area contributed by atoms with Crippen LogP contribution < -0.4 is 0 Å². The smallest absolute Gasteiger partial charge is 0.313 e. The molecule has 3 nitrogen and oxygen atoms in total. The second kappa shape index (κ2) is 4.26. The van der Waals surface area contributed by atoms with E-state index in [2.05, 4.69) is 0 Å². The molecule has 0 radical (unpaired) electrons. The van der Waals surface area contributed by atoms with E-state index in [1.807, 2.05) is 0 Å². The first kappa shape index (κ1) is 11.1. The summed E-state index contributed by atoms with van der Waals surface area (Å²) in [6, 6.07) is 5.10. The monoisotopic (exact) mass is 238 g/mol. The second-order valence-electron chi connectivity index (χ2n) is 3.63. The summed E-state index contributed by atoms with van der Waals surface area (Å²) < 4.78 is 4.94. The van der Waals surface area contributed by atoms with Crippen molar-refractivity contribution < 1.29 is 14.3 Å². The van der Waals surface area contributed by atoms with Crippen molar-refractivity contribution >= 4 is 23.4 Å². The Morgan fingerprint density at radius 1 is 1.56 bits per heavy atom. The molecule has 1 unspecified atom stereocenters. The molecule has 0 amide bonds. The number of ether oxygens (including phenoxy) is 1. The molecule has 0 saturated heterocycles. The van der Waals surface area contributed by atoms with Crippen LogP contribution >= 0.6 is 11.6 Å². The van der Waals surface area contributed by atoms with Gasteiger partial charge in [-0.25, -0.2) is 0 Å². The Labute approximate surface area is 98.4 Å². The van der Waals surface area contributed by atoms with Crippen molar-refractivity contribution in [1.29, 1.82) is 0 Å². The van der Waals surface area contributed by atoms with Crippen molar-refractivity contribution in [2.75, 3.05) is 6.61 Å². The number of carbonyl (C=O) groups excluding carboxylic acids is 2. The molecule has 84 valence electrons. The molecule has 4 heteroatoms. The van der Waals surface area contributed by atoms with Crippen molar-refractivity contribution in [3.63, 3.8) is 0 Å². The van der Waals surface area contributed by atoms with Crippen LogP contribution in [0.15, 0.2) is 18.2 Å². The third kappa shape index (κ3) is 1.71. The molecule has 2 rings (SSSR count). The number of benzene rings is 1. The van der Waals surface area contributed by atoms with E-state index in [0.29, 0.717) is 22.8 Å². The number of fused-ring (bicyclic) bond motifs is 1. The minimum absolute atomic E-state index is 0.0458. The van der Waals surface area contributed by atoms with Gasteiger partial charge in [-0.05, 0) is 18.6 Å². The summed E-state index contributed by atoms with van der Waals surface area (Å²) in [6.07, 6.45) is 0.165. The maximum atomic E-state index is 11.7. The molecule has 1 aliphatic rings. The third-order valence-electron chi connectivity index (χ3n) is 2.66. The van der Waals surface area contributed by atoms with Crippen molar-refractivity contribution in [2.45, 2.75) is 19.3 Å². The number of esters is 1. The SMILES string of the molecule is CCOC(=O)C1CC(=O)c2cccc(Cl)c21. The van der Waals surface area contributed by atoms with E-state index in [-0.39, 0.29) is 18.2 Å². The molecular weight excluding hydrogens is 228 g/mol. The lowest BCUT2D eigenvalue weighted by Crippen LogP contribution is -2.14. The molecule has 0 aromatic heterocycles. The van der Waals surface area contributed by atoms with Crippen LogP contribution in [0.3, 0.4) is 0 Å². The van der Waals surface area contributed by atoms with Gasteiger partial charge in [0.1, 0.15) is 0 Å². The van der Waals surface area contributed by atoms with Crippen LogP contribution in [-0.2, 0) is 9.53 Å². The van der Waals surface area contributed by atoms with E-state index in [1.165, 1.54) is 0 Å². The molecule has 0 heterocycles. The Morgan fingerprint density at radius 2 is 2.31 bits per heavy atom. The molecule has 0 bridgehead atoms. The molecule has 0 fully saturated rings. The molecule has 1 aliphatic carbocycles. The summed E-state index contributed by atoms with van der Waals surface area (Å²) >= 11 is 6.01. The Kier molecular flexibility index (Phi) is 2.97. The van der Waals surface area contributed by atoms with Crippen LogP contribution in [0, 0.1) is 0 Å². The van der Waals surface area contributed by atoms with E-state index in [0.717, 1.165) is 0 Å². The zero-order chi connectivity index (χ0) is 11.7. The van der Waals surface area contributed by atoms with E-state index < -0.39 is 5.92 Å². The zero-order valence-electron chi connectivity index (χ0n) is 8.83. The van der Waals surface area contributed by atoms with Gasteiger partial charge in [-0.15, -0.1) is 0 Å². The number of carbonyl (C=O) groups is 2. The average Bonchev–Trinajstić information content (AvgIpc) is 2.58. The van der Waals surface area contributed by atoms with Crippen molar-refractivity contribution in [2.24, 2.45) is 0 Å². The van der Waals surface area contributed by atoms with Crippen LogP contribution in [-0.4, -0.2) is 18.4 Å². The van der Waals surface area contributed by atoms with E-state index in [4.69, 9.17) is 16.3 Å². The predicted molar refractivity (Wildman–Crippen MR) is 59.8 cm³/mol. The summed E-state index contributed by atoms with van der Waals surface area (Å²) in [5, 5.41) is 0.460. The molecule has 0 spiro atoms. The highest BCUT2D eigenvalue weighted by atomic mass is 35.5. The summed E-state index contributed by atoms with van der Waals surface area (Å²) in [7, 11) is 0. The second-order valence-corrected chi connectivity index (χ2v) is 4.04. The first-order chi connectivity index (χ1) is 7.65. The highest BCUT2D eigenvalue weighted by molar-refractivity contribution is 6.32. The molecule has 1 aromatic carbocycles. The minimum atomic E-state index is -0.531. The van der Waals surface area contributed by atoms with Crippen molar-refractivity contribution in [3.8, 4) is 0 Å². The maximum Gasteiger partial charge on any atom is 0.313 e. The van der Waals surface area contributed by atoms with Gasteiger partial charge < -0.3 is 4.74 Å². The lowest BCUT2D eigenvalue weighted by atomic mass is 10.0. The maximum absolute atomic E-state index is 11.7. The lowest BCUT2D eigenvalue weighted by Gasteiger charge is -2.10. The van der Waals surface area contributed by atoms with Crippen LogP contribution in [0.5, 0.6) is 0 Å². The first-order valence-corrected chi connectivity index (χ1v) is 5.51. The third-order valence-corrected chi connectivity index (χ3v) is 2.99. The van der Waals surface area contributed by atoms with Gasteiger partial charge in [0, 0.05) is 17.0 Å². The zero-order valence-corrected chi connectivity index (χ0v) is 9.58. The van der Waals surface area contributed by atoms with E-state index in [9.17, 15) is 9.59 Å². The Balaban J connectivity index is 2.42. The number of Topliss-reactive ketones (excluding diaryl/α,β-unsaturated/α-hetero) is 1. The number of ketones is 1. The number of halogens is 1. The van der Waals surface area contributed by atoms with Crippen molar-refractivity contribution in [1.82, 2.24) is 0 Å². The molecule has 1 aromatic rings. The first-order valence-electron chi connectivity index (χ1n) is 5.13. The van der Waals surface area contributed by atoms with E-state index in [1.54, 1.807) is 25.1 Å². The Morgan fingerprint density at radius 3 is 3.00 bits per heavy atom. The van der Waals surface area contributed by atoms with Crippen LogP contribution in [0.1, 0.15) is 35.2 Å². The number of rotatable bonds is 2. The quantitative estimate of drug-likeness (QED) is 0.744. The Hall–Kier alpha value is -1.35. The average molecular weight is 239 g/mol.